The maximum Gasteiger partial charge on any atom is 0.230 e. The van der Waals surface area contributed by atoms with Crippen molar-refractivity contribution in [3.63, 3.8) is 0 Å². The van der Waals surface area contributed by atoms with Crippen molar-refractivity contribution in [1.29, 1.82) is 0 Å². The number of hydrogen-bond donors (Lipinski definition) is 2. The number of nitrogens with zero attached hydrogens (tertiary/aromatic N) is 2. The molecule has 0 aliphatic rings. The van der Waals surface area contributed by atoms with Crippen LogP contribution >= 0.6 is 11.8 Å². The molecule has 5 nitrogen and oxygen atoms in total. The minimum atomic E-state index is -0.297. The van der Waals surface area contributed by atoms with Crippen molar-refractivity contribution in [2.75, 3.05) is 5.75 Å². The minimum absolute atomic E-state index is 0.136. The summed E-state index contributed by atoms with van der Waals surface area (Å²) in [7, 11) is 0. The number of thioether (sulfide) groups is 1. The van der Waals surface area contributed by atoms with E-state index < -0.39 is 0 Å². The molecular formula is C20H19FN4OS. The maximum atomic E-state index is 13.0. The Morgan fingerprint density at radius 3 is 2.67 bits per heavy atom. The molecule has 0 saturated carbocycles. The molecule has 1 heterocycles. The number of hydrogen-bond acceptors (Lipinski definition) is 4. The van der Waals surface area contributed by atoms with Crippen molar-refractivity contribution >= 4 is 29.8 Å². The third-order valence-corrected chi connectivity index (χ3v) is 4.64. The maximum absolute atomic E-state index is 13.0. The lowest BCUT2D eigenvalue weighted by Crippen LogP contribution is -2.28. The third-order valence-electron chi connectivity index (χ3n) is 3.80. The van der Waals surface area contributed by atoms with Crippen LogP contribution in [0.1, 0.15) is 29.9 Å². The van der Waals surface area contributed by atoms with Gasteiger partial charge in [0.25, 0.3) is 0 Å². The predicted molar refractivity (Wildman–Crippen MR) is 105 cm³/mol. The highest BCUT2D eigenvalue weighted by atomic mass is 32.2. The van der Waals surface area contributed by atoms with Crippen LogP contribution < -0.4 is 5.32 Å². The van der Waals surface area contributed by atoms with E-state index >= 15 is 0 Å². The number of aromatic amines is 1. The first-order valence-corrected chi connectivity index (χ1v) is 9.42. The van der Waals surface area contributed by atoms with E-state index in [9.17, 15) is 9.18 Å². The van der Waals surface area contributed by atoms with Gasteiger partial charge in [0.2, 0.25) is 11.1 Å². The van der Waals surface area contributed by atoms with Crippen LogP contribution in [0, 0.1) is 5.82 Å². The van der Waals surface area contributed by atoms with Crippen LogP contribution in [0.15, 0.2) is 59.8 Å². The molecule has 2 aromatic carbocycles. The third kappa shape index (κ3) is 5.79. The molecule has 138 valence electrons. The Kier molecular flexibility index (Phi) is 6.38. The van der Waals surface area contributed by atoms with Gasteiger partial charge in [0, 0.05) is 0 Å². The number of carbonyl (C=O) groups excluding carboxylic acids is 1. The molecule has 0 radical (unpaired) electrons. The summed E-state index contributed by atoms with van der Waals surface area (Å²) in [6, 6.07) is 15.8. The predicted octanol–water partition coefficient (Wildman–Crippen LogP) is 4.08. The second-order valence-corrected chi connectivity index (χ2v) is 6.82. The molecule has 0 bridgehead atoms. The Bertz CT molecular complexity index is 909. The van der Waals surface area contributed by atoms with Gasteiger partial charge in [0.05, 0.1) is 11.8 Å². The van der Waals surface area contributed by atoms with Crippen LogP contribution in [0.3, 0.4) is 0 Å². The average molecular weight is 382 g/mol. The first-order chi connectivity index (χ1) is 13.1. The van der Waals surface area contributed by atoms with E-state index in [4.69, 9.17) is 0 Å². The smallest absolute Gasteiger partial charge is 0.230 e. The second-order valence-electron chi connectivity index (χ2n) is 5.88. The molecule has 0 aliphatic heterocycles. The van der Waals surface area contributed by atoms with Crippen LogP contribution in [0.5, 0.6) is 0 Å². The van der Waals surface area contributed by atoms with Crippen molar-refractivity contribution in [3.05, 3.63) is 77.4 Å². The van der Waals surface area contributed by atoms with Crippen molar-refractivity contribution in [3.8, 4) is 0 Å². The molecule has 27 heavy (non-hydrogen) atoms. The fourth-order valence-electron chi connectivity index (χ4n) is 2.38. The molecule has 0 fully saturated rings. The lowest BCUT2D eigenvalue weighted by Gasteiger charge is -2.13. The molecular weight excluding hydrogens is 363 g/mol. The zero-order valence-corrected chi connectivity index (χ0v) is 15.5. The highest BCUT2D eigenvalue weighted by Crippen LogP contribution is 2.16. The Labute approximate surface area is 161 Å². The van der Waals surface area contributed by atoms with Crippen LogP contribution in [-0.2, 0) is 4.79 Å². The van der Waals surface area contributed by atoms with Crippen molar-refractivity contribution in [2.45, 2.75) is 18.1 Å². The quantitative estimate of drug-likeness (QED) is 0.604. The lowest BCUT2D eigenvalue weighted by atomic mass is 10.1. The van der Waals surface area contributed by atoms with Gasteiger partial charge >= 0.3 is 0 Å². The van der Waals surface area contributed by atoms with Gasteiger partial charge in [-0.25, -0.2) is 9.37 Å². The largest absolute Gasteiger partial charge is 0.349 e. The topological polar surface area (TPSA) is 70.7 Å². The fraction of sp³-hybridized carbons (Fsp3) is 0.150. The van der Waals surface area contributed by atoms with Gasteiger partial charge in [-0.1, -0.05) is 60.3 Å². The molecule has 2 N–H and O–H groups in total. The van der Waals surface area contributed by atoms with E-state index in [1.165, 1.54) is 23.9 Å². The highest BCUT2D eigenvalue weighted by molar-refractivity contribution is 7.99. The van der Waals surface area contributed by atoms with E-state index in [1.54, 1.807) is 12.1 Å². The van der Waals surface area contributed by atoms with Gasteiger partial charge in [0.1, 0.15) is 11.6 Å². The molecule has 1 amide bonds. The number of rotatable bonds is 7. The number of amides is 1. The second kappa shape index (κ2) is 9.14. The van der Waals surface area contributed by atoms with E-state index in [0.29, 0.717) is 11.0 Å². The number of aromatic nitrogens is 3. The molecule has 0 aliphatic carbocycles. The number of halogens is 1. The Morgan fingerprint density at radius 1 is 1.19 bits per heavy atom. The van der Waals surface area contributed by atoms with Gasteiger partial charge in [-0.05, 0) is 36.3 Å². The summed E-state index contributed by atoms with van der Waals surface area (Å²) in [6.45, 7) is 1.86. The van der Waals surface area contributed by atoms with Crippen LogP contribution in [0.4, 0.5) is 4.39 Å². The fourth-order valence-corrected chi connectivity index (χ4v) is 3.00. The summed E-state index contributed by atoms with van der Waals surface area (Å²) < 4.78 is 13.0. The van der Waals surface area contributed by atoms with Gasteiger partial charge in [0.15, 0.2) is 0 Å². The standard InChI is InChI=1S/C20H19FN4OS/c1-14(16-8-10-17(21)11-9-16)22-19(26)13-27-20-23-18(24-25-20)12-7-15-5-3-2-4-6-15/h2-12,14H,13H2,1H3,(H,22,26)(H,23,24,25)/b12-7+. The Morgan fingerprint density at radius 2 is 1.93 bits per heavy atom. The molecule has 0 spiro atoms. The zero-order chi connectivity index (χ0) is 19.1. The van der Waals surface area contributed by atoms with E-state index in [2.05, 4.69) is 20.5 Å². The minimum Gasteiger partial charge on any atom is -0.349 e. The number of benzene rings is 2. The van der Waals surface area contributed by atoms with Gasteiger partial charge < -0.3 is 5.32 Å². The molecule has 1 aromatic heterocycles. The number of carbonyl (C=O) groups is 1. The summed E-state index contributed by atoms with van der Waals surface area (Å²) in [4.78, 5) is 16.4. The van der Waals surface area contributed by atoms with E-state index in [1.807, 2.05) is 49.4 Å². The molecule has 7 heteroatoms. The number of H-pyrrole nitrogens is 1. The summed E-state index contributed by atoms with van der Waals surface area (Å²) in [6.07, 6.45) is 3.77. The average Bonchev–Trinajstić information content (AvgIpc) is 3.14. The van der Waals surface area contributed by atoms with Crippen molar-refractivity contribution in [1.82, 2.24) is 20.5 Å². The number of nitrogens with one attached hydrogen (secondary N) is 2. The van der Waals surface area contributed by atoms with Crippen LogP contribution in [-0.4, -0.2) is 26.8 Å². The first-order valence-electron chi connectivity index (χ1n) is 8.43. The first kappa shape index (κ1) is 18.8. The van der Waals surface area contributed by atoms with Gasteiger partial charge in [-0.3, -0.25) is 9.89 Å². The highest BCUT2D eigenvalue weighted by Gasteiger charge is 2.11. The molecule has 3 rings (SSSR count). The summed E-state index contributed by atoms with van der Waals surface area (Å²) >= 11 is 1.25. The van der Waals surface area contributed by atoms with Crippen LogP contribution in [0.2, 0.25) is 0 Å². The van der Waals surface area contributed by atoms with Crippen LogP contribution in [0.25, 0.3) is 12.2 Å². The summed E-state index contributed by atoms with van der Waals surface area (Å²) in [5, 5.41) is 10.3. The molecule has 0 saturated heterocycles. The SMILES string of the molecule is CC(NC(=O)CSc1n[nH]c(/C=C/c2ccccc2)n1)c1ccc(F)cc1. The van der Waals surface area contributed by atoms with Crippen molar-refractivity contribution in [2.24, 2.45) is 0 Å². The summed E-state index contributed by atoms with van der Waals surface area (Å²) in [5.41, 5.74) is 1.92. The monoisotopic (exact) mass is 382 g/mol. The van der Waals surface area contributed by atoms with Crippen molar-refractivity contribution < 1.29 is 9.18 Å². The lowest BCUT2D eigenvalue weighted by molar-refractivity contribution is -0.119. The molecule has 3 aromatic rings. The van der Waals surface area contributed by atoms with E-state index in [-0.39, 0.29) is 23.5 Å². The van der Waals surface area contributed by atoms with E-state index in [0.717, 1.165) is 11.1 Å². The van der Waals surface area contributed by atoms with Gasteiger partial charge in [-0.15, -0.1) is 5.10 Å². The van der Waals surface area contributed by atoms with Gasteiger partial charge in [-0.2, -0.15) is 0 Å². The zero-order valence-electron chi connectivity index (χ0n) is 14.7. The molecule has 1 unspecified atom stereocenters. The summed E-state index contributed by atoms with van der Waals surface area (Å²) in [5.74, 6) is 0.393. The Balaban J connectivity index is 1.48. The normalized spacial score (nSPS) is 12.2. The molecule has 1 atom stereocenters. The Hall–Kier alpha value is -2.93.